The molecule has 5 atom stereocenters. The highest BCUT2D eigenvalue weighted by Gasteiger charge is 2.69. The molecule has 2 fully saturated rings. The zero-order chi connectivity index (χ0) is 14.5. The van der Waals surface area contributed by atoms with Crippen molar-refractivity contribution in [3.8, 4) is 0 Å². The van der Waals surface area contributed by atoms with Crippen molar-refractivity contribution in [3.05, 3.63) is 35.9 Å². The molecule has 1 N–H and O–H groups in total. The summed E-state index contributed by atoms with van der Waals surface area (Å²) in [6.45, 7) is 7.08. The first-order chi connectivity index (χ1) is 9.38. The van der Waals surface area contributed by atoms with Crippen LogP contribution in [0.5, 0.6) is 0 Å². The second-order valence-corrected chi connectivity index (χ2v) is 9.73. The van der Waals surface area contributed by atoms with Gasteiger partial charge < -0.3 is 22.1 Å². The fourth-order valence-electron chi connectivity index (χ4n) is 4.68. The van der Waals surface area contributed by atoms with E-state index in [0.29, 0.717) is 11.2 Å². The summed E-state index contributed by atoms with van der Waals surface area (Å²) < 4.78 is 0. The molecule has 0 radical (unpaired) electrons. The summed E-state index contributed by atoms with van der Waals surface area (Å²) in [5.41, 5.74) is 1.83. The van der Waals surface area contributed by atoms with Gasteiger partial charge in [0.15, 0.2) is 0 Å². The Balaban J connectivity index is 0.00000161. The van der Waals surface area contributed by atoms with Gasteiger partial charge in [0.05, 0.1) is 6.26 Å². The molecule has 3 rings (SSSR count). The van der Waals surface area contributed by atoms with E-state index < -0.39 is 0 Å². The van der Waals surface area contributed by atoms with Gasteiger partial charge in [-0.15, -0.1) is 0 Å². The summed E-state index contributed by atoms with van der Waals surface area (Å²) in [5.74, 6) is 1.81. The third-order valence-corrected chi connectivity index (χ3v) is 8.74. The Kier molecular flexibility index (Phi) is 4.88. The number of halogens is 1. The van der Waals surface area contributed by atoms with Crippen LogP contribution < -0.4 is 17.0 Å². The van der Waals surface area contributed by atoms with E-state index in [1.165, 1.54) is 18.4 Å². The van der Waals surface area contributed by atoms with Crippen LogP contribution in [0, 0.1) is 16.7 Å². The number of aliphatic hydroxyl groups excluding tert-OH is 1. The monoisotopic (exact) mass is 370 g/mol. The Morgan fingerprint density at radius 3 is 2.33 bits per heavy atom. The molecule has 21 heavy (non-hydrogen) atoms. The van der Waals surface area contributed by atoms with E-state index in [1.54, 1.807) is 0 Å². The maximum absolute atomic E-state index is 10.9. The van der Waals surface area contributed by atoms with Crippen molar-refractivity contribution < 1.29 is 22.1 Å². The molecule has 0 saturated heterocycles. The van der Waals surface area contributed by atoms with Crippen molar-refractivity contribution in [2.75, 3.05) is 6.26 Å². The third-order valence-electron chi connectivity index (χ3n) is 6.44. The predicted molar refractivity (Wildman–Crippen MR) is 87.8 cm³/mol. The van der Waals surface area contributed by atoms with E-state index in [1.807, 2.05) is 0 Å². The largest absolute Gasteiger partial charge is 1.00 e. The second-order valence-electron chi connectivity index (χ2n) is 7.51. The van der Waals surface area contributed by atoms with Crippen molar-refractivity contribution in [3.63, 3.8) is 0 Å². The maximum atomic E-state index is 10.9. The Bertz CT molecular complexity index is 489. The van der Waals surface area contributed by atoms with Crippen molar-refractivity contribution in [2.45, 2.75) is 50.7 Å². The molecule has 118 valence electrons. The quantitative estimate of drug-likeness (QED) is 0.773. The van der Waals surface area contributed by atoms with Crippen LogP contribution >= 0.6 is 0 Å². The lowest BCUT2D eigenvalue weighted by Crippen LogP contribution is -3.00. The van der Waals surface area contributed by atoms with Gasteiger partial charge in [0.2, 0.25) is 0 Å². The first kappa shape index (κ1) is 17.4. The van der Waals surface area contributed by atoms with Crippen LogP contribution in [0.1, 0.15) is 39.2 Å². The van der Waals surface area contributed by atoms with Crippen LogP contribution in [0.25, 0.3) is 0 Å². The van der Waals surface area contributed by atoms with Crippen LogP contribution in [0.3, 0.4) is 0 Å². The number of hydrogen-bond donors (Lipinski definition) is 1. The lowest BCUT2D eigenvalue weighted by atomic mass is 9.70. The minimum Gasteiger partial charge on any atom is -1.00 e. The highest BCUT2D eigenvalue weighted by Crippen LogP contribution is 2.66. The summed E-state index contributed by atoms with van der Waals surface area (Å²) in [6.07, 6.45) is 4.75. The van der Waals surface area contributed by atoms with Crippen LogP contribution in [-0.2, 0) is 16.6 Å². The van der Waals surface area contributed by atoms with Crippen molar-refractivity contribution in [1.82, 2.24) is 0 Å². The number of fused-ring (bicyclic) bond motifs is 2. The van der Waals surface area contributed by atoms with E-state index in [2.05, 4.69) is 57.4 Å². The fourth-order valence-corrected chi connectivity index (χ4v) is 7.37. The van der Waals surface area contributed by atoms with E-state index in [-0.39, 0.29) is 44.8 Å². The van der Waals surface area contributed by atoms with Crippen LogP contribution in [0.4, 0.5) is 0 Å². The summed E-state index contributed by atoms with van der Waals surface area (Å²) >= 11 is 0. The normalized spacial score (nSPS) is 38.0. The van der Waals surface area contributed by atoms with Gasteiger partial charge in [-0.3, -0.25) is 0 Å². The second kappa shape index (κ2) is 5.90. The highest BCUT2D eigenvalue weighted by molar-refractivity contribution is 7.96. The molecule has 1 aromatic rings. The predicted octanol–water partition coefficient (Wildman–Crippen LogP) is 0.624. The molecule has 0 spiro atoms. The average molecular weight is 371 g/mol. The van der Waals surface area contributed by atoms with Gasteiger partial charge in [0.1, 0.15) is 17.1 Å². The van der Waals surface area contributed by atoms with Gasteiger partial charge in [-0.2, -0.15) is 0 Å². The molecule has 0 aromatic heterocycles. The molecule has 1 nitrogen and oxygen atoms in total. The minimum atomic E-state index is -0.117. The Morgan fingerprint density at radius 2 is 1.81 bits per heavy atom. The SMILES string of the molecule is C[S+](Cc1ccccc1)[C@H]1[C@H]2CC[C@@](C)([C@H]1O)C2(C)C.[Br-]. The van der Waals surface area contributed by atoms with Gasteiger partial charge >= 0.3 is 0 Å². The molecule has 2 bridgehead atoms. The van der Waals surface area contributed by atoms with E-state index in [4.69, 9.17) is 0 Å². The number of benzene rings is 1. The molecule has 0 amide bonds. The lowest BCUT2D eigenvalue weighted by molar-refractivity contribution is -0.0000142. The topological polar surface area (TPSA) is 20.2 Å². The van der Waals surface area contributed by atoms with Crippen molar-refractivity contribution in [2.24, 2.45) is 16.7 Å². The molecule has 2 aliphatic rings. The van der Waals surface area contributed by atoms with Crippen molar-refractivity contribution in [1.29, 1.82) is 0 Å². The fraction of sp³-hybridized carbons (Fsp3) is 0.667. The Morgan fingerprint density at radius 1 is 1.19 bits per heavy atom. The van der Waals surface area contributed by atoms with Crippen molar-refractivity contribution >= 4 is 10.9 Å². The van der Waals surface area contributed by atoms with Gasteiger partial charge in [0.25, 0.3) is 0 Å². The molecular weight excluding hydrogens is 344 g/mol. The average Bonchev–Trinajstić information content (AvgIpc) is 2.72. The molecular formula is C18H27BrOS. The van der Waals surface area contributed by atoms with Gasteiger partial charge in [-0.1, -0.05) is 51.1 Å². The van der Waals surface area contributed by atoms with Gasteiger partial charge in [-0.05, 0) is 29.2 Å². The Labute approximate surface area is 142 Å². The zero-order valence-corrected chi connectivity index (χ0v) is 15.9. The summed E-state index contributed by atoms with van der Waals surface area (Å²) in [7, 11) is 0.252. The Hall–Kier alpha value is 0.01000. The molecule has 3 heteroatoms. The molecule has 1 unspecified atom stereocenters. The van der Waals surface area contributed by atoms with Crippen LogP contribution in [-0.4, -0.2) is 22.7 Å². The minimum absolute atomic E-state index is 0. The molecule has 0 heterocycles. The first-order valence-corrected chi connectivity index (χ1v) is 9.58. The van der Waals surface area contributed by atoms with Crippen LogP contribution in [0.15, 0.2) is 30.3 Å². The van der Waals surface area contributed by atoms with Crippen LogP contribution in [0.2, 0.25) is 0 Å². The third kappa shape index (κ3) is 2.49. The van der Waals surface area contributed by atoms with Gasteiger partial charge in [-0.25, -0.2) is 0 Å². The number of hydrogen-bond acceptors (Lipinski definition) is 1. The van der Waals surface area contributed by atoms with E-state index in [0.717, 1.165) is 5.75 Å². The van der Waals surface area contributed by atoms with Gasteiger partial charge in [0, 0.05) is 16.9 Å². The van der Waals surface area contributed by atoms with E-state index in [9.17, 15) is 5.11 Å². The smallest absolute Gasteiger partial charge is 0.147 e. The highest BCUT2D eigenvalue weighted by atomic mass is 79.9. The number of rotatable bonds is 3. The molecule has 2 aliphatic carbocycles. The summed E-state index contributed by atoms with van der Waals surface area (Å²) in [4.78, 5) is 0. The molecule has 2 saturated carbocycles. The zero-order valence-electron chi connectivity index (χ0n) is 13.5. The summed E-state index contributed by atoms with van der Waals surface area (Å²) in [6, 6.07) is 10.8. The molecule has 1 aromatic carbocycles. The lowest BCUT2D eigenvalue weighted by Gasteiger charge is -2.36. The summed E-state index contributed by atoms with van der Waals surface area (Å²) in [5, 5.41) is 11.4. The standard InChI is InChI=1S/C18H27OS.BrH/c1-17(2)14-10-11-18(17,3)16(19)15(14)20(4)12-13-8-6-5-7-9-13;/h5-9,14-16,19H,10-12H2,1-4H3;1H/q+1;/p-1/t14-,15+,16+,18+,20?;/m1./s1. The number of aliphatic hydroxyl groups is 1. The molecule has 0 aliphatic heterocycles. The first-order valence-electron chi connectivity index (χ1n) is 7.71. The van der Waals surface area contributed by atoms with E-state index >= 15 is 0 Å². The maximum Gasteiger partial charge on any atom is 0.147 e.